The maximum atomic E-state index is 12.0. The van der Waals surface area contributed by atoms with Gasteiger partial charge in [0.15, 0.2) is 5.78 Å². The van der Waals surface area contributed by atoms with Crippen LogP contribution in [-0.4, -0.2) is 10.8 Å². The van der Waals surface area contributed by atoms with E-state index in [0.29, 0.717) is 5.92 Å². The fourth-order valence-corrected chi connectivity index (χ4v) is 3.15. The molecule has 3 rings (SSSR count). The summed E-state index contributed by atoms with van der Waals surface area (Å²) in [6.45, 7) is 10.1. The Bertz CT molecular complexity index is 797. The molecule has 27 heavy (non-hydrogen) atoms. The van der Waals surface area contributed by atoms with Crippen molar-refractivity contribution in [2.75, 3.05) is 0 Å². The van der Waals surface area contributed by atoms with Gasteiger partial charge in [-0.1, -0.05) is 58.0 Å². The molecule has 0 bridgehead atoms. The molecule has 0 fully saturated rings. The smallest absolute Gasteiger partial charge is 0.161 e. The number of aromatic amines is 1. The Hall–Kier alpha value is -2.55. The van der Waals surface area contributed by atoms with Gasteiger partial charge >= 0.3 is 0 Å². The van der Waals surface area contributed by atoms with Crippen LogP contribution in [0.1, 0.15) is 74.4 Å². The van der Waals surface area contributed by atoms with Crippen LogP contribution in [-0.2, 0) is 6.42 Å². The molecule has 0 radical (unpaired) electrons. The molecule has 0 saturated carbocycles. The molecule has 3 heteroatoms. The van der Waals surface area contributed by atoms with E-state index in [1.54, 1.807) is 6.92 Å². The fourth-order valence-electron chi connectivity index (χ4n) is 3.15. The van der Waals surface area contributed by atoms with E-state index in [0.717, 1.165) is 35.4 Å². The average molecular weight is 365 g/mol. The molecule has 1 atom stereocenters. The normalized spacial score (nSPS) is 15.6. The fraction of sp³-hybridized carbons (Fsp3) is 0.375. The van der Waals surface area contributed by atoms with Gasteiger partial charge in [0, 0.05) is 17.0 Å². The van der Waals surface area contributed by atoms with Gasteiger partial charge in [-0.25, -0.2) is 0 Å². The average Bonchev–Trinajstić information content (AvgIpc) is 3.13. The molecule has 0 spiro atoms. The van der Waals surface area contributed by atoms with Gasteiger partial charge in [-0.2, -0.15) is 0 Å². The van der Waals surface area contributed by atoms with E-state index in [-0.39, 0.29) is 11.8 Å². The molecular weight excluding hydrogens is 332 g/mol. The van der Waals surface area contributed by atoms with Crippen molar-refractivity contribution in [3.8, 4) is 0 Å². The summed E-state index contributed by atoms with van der Waals surface area (Å²) in [5, 5.41) is 3.38. The zero-order valence-corrected chi connectivity index (χ0v) is 17.2. The largest absolute Gasteiger partial charge is 0.381 e. The molecule has 2 aromatic rings. The third-order valence-corrected chi connectivity index (χ3v) is 4.60. The third kappa shape index (κ3) is 5.46. The Balaban J connectivity index is 0.00000126. The number of Topliss-reactive ketones (excluding diaryl/α,β-unsaturated/α-hetero) is 1. The highest BCUT2D eigenvalue weighted by molar-refractivity contribution is 5.96. The molecule has 1 aliphatic heterocycles. The summed E-state index contributed by atoms with van der Waals surface area (Å²) in [7, 11) is 0. The summed E-state index contributed by atoms with van der Waals surface area (Å²) in [4.78, 5) is 15.5. The molecule has 1 aliphatic rings. The number of carbonyl (C=O) groups excluding carboxylic acids is 1. The number of dihydropyridines is 1. The number of aromatic nitrogens is 1. The van der Waals surface area contributed by atoms with Crippen LogP contribution in [0.5, 0.6) is 0 Å². The number of hydrogen-bond acceptors (Lipinski definition) is 2. The number of aryl methyl sites for hydroxylation is 1. The van der Waals surface area contributed by atoms with Gasteiger partial charge in [0.25, 0.3) is 0 Å². The maximum Gasteiger partial charge on any atom is 0.161 e. The van der Waals surface area contributed by atoms with Crippen LogP contribution >= 0.6 is 0 Å². The summed E-state index contributed by atoms with van der Waals surface area (Å²) >= 11 is 0. The number of H-pyrrole nitrogens is 1. The van der Waals surface area contributed by atoms with Gasteiger partial charge in [-0.3, -0.25) is 4.79 Å². The predicted octanol–water partition coefficient (Wildman–Crippen LogP) is 6.07. The van der Waals surface area contributed by atoms with Crippen molar-refractivity contribution in [2.24, 2.45) is 5.92 Å². The highest BCUT2D eigenvalue weighted by atomic mass is 16.1. The Labute approximate surface area is 163 Å². The van der Waals surface area contributed by atoms with Crippen molar-refractivity contribution >= 4 is 11.4 Å². The van der Waals surface area contributed by atoms with Crippen LogP contribution in [0.3, 0.4) is 0 Å². The lowest BCUT2D eigenvalue weighted by Gasteiger charge is -2.19. The van der Waals surface area contributed by atoms with E-state index in [1.807, 2.05) is 32.2 Å². The zero-order valence-electron chi connectivity index (χ0n) is 17.2. The number of benzene rings is 1. The lowest BCUT2D eigenvalue weighted by atomic mass is 9.99. The third-order valence-electron chi connectivity index (χ3n) is 4.60. The van der Waals surface area contributed by atoms with E-state index < -0.39 is 0 Å². The summed E-state index contributed by atoms with van der Waals surface area (Å²) in [5.41, 5.74) is 5.23. The summed E-state index contributed by atoms with van der Waals surface area (Å²) < 4.78 is 0. The van der Waals surface area contributed by atoms with E-state index >= 15 is 0 Å². The predicted molar refractivity (Wildman–Crippen MR) is 115 cm³/mol. The van der Waals surface area contributed by atoms with Crippen LogP contribution in [0.2, 0.25) is 0 Å². The Morgan fingerprint density at radius 2 is 1.85 bits per heavy atom. The van der Waals surface area contributed by atoms with Crippen molar-refractivity contribution in [1.82, 2.24) is 10.3 Å². The lowest BCUT2D eigenvalue weighted by Crippen LogP contribution is -2.16. The zero-order chi connectivity index (χ0) is 19.8. The molecule has 2 heterocycles. The molecular formula is C24H32N2O. The van der Waals surface area contributed by atoms with Crippen molar-refractivity contribution in [1.29, 1.82) is 0 Å². The van der Waals surface area contributed by atoms with Crippen LogP contribution in [0.15, 0.2) is 54.8 Å². The van der Waals surface area contributed by atoms with Gasteiger partial charge < -0.3 is 10.3 Å². The Kier molecular flexibility index (Phi) is 7.66. The van der Waals surface area contributed by atoms with Gasteiger partial charge in [0.05, 0.1) is 6.04 Å². The highest BCUT2D eigenvalue weighted by Gasteiger charge is 2.17. The topological polar surface area (TPSA) is 44.9 Å². The van der Waals surface area contributed by atoms with Gasteiger partial charge in [0.1, 0.15) is 0 Å². The summed E-state index contributed by atoms with van der Waals surface area (Å²) in [5.74, 6) is 0.742. The molecule has 0 aliphatic carbocycles. The quantitative estimate of drug-likeness (QED) is 0.611. The molecule has 0 amide bonds. The van der Waals surface area contributed by atoms with Gasteiger partial charge in [-0.05, 0) is 61.2 Å². The number of carbonyl (C=O) groups is 1. The van der Waals surface area contributed by atoms with Crippen LogP contribution < -0.4 is 5.32 Å². The van der Waals surface area contributed by atoms with Crippen molar-refractivity contribution in [3.63, 3.8) is 0 Å². The molecule has 3 nitrogen and oxygen atoms in total. The SMILES string of the molecule is CC.CC(=O)c1cc(C2=CC(c3ccccc3)NC=C2)[nH]c1CCC(C)C. The highest BCUT2D eigenvalue weighted by Crippen LogP contribution is 2.27. The Morgan fingerprint density at radius 1 is 1.15 bits per heavy atom. The molecule has 0 saturated heterocycles. The first-order chi connectivity index (χ1) is 13.0. The lowest BCUT2D eigenvalue weighted by molar-refractivity contribution is 0.101. The van der Waals surface area contributed by atoms with Crippen LogP contribution in [0.25, 0.3) is 5.57 Å². The molecule has 1 aromatic heterocycles. The summed E-state index contributed by atoms with van der Waals surface area (Å²) in [6, 6.07) is 12.5. The standard InChI is InChI=1S/C22H26N2O.C2H6/c1-15(2)9-10-20-19(16(3)25)14-22(24-20)18-11-12-23-21(13-18)17-7-5-4-6-8-17;1-2/h4-8,11-15,21,23-24H,9-10H2,1-3H3;1-2H3. The van der Waals surface area contributed by atoms with Crippen molar-refractivity contribution in [3.05, 3.63) is 77.3 Å². The first kappa shape index (κ1) is 20.8. The second-order valence-electron chi connectivity index (χ2n) is 7.07. The van der Waals surface area contributed by atoms with Gasteiger partial charge in [0.2, 0.25) is 0 Å². The number of nitrogens with one attached hydrogen (secondary N) is 2. The molecule has 144 valence electrons. The van der Waals surface area contributed by atoms with E-state index in [9.17, 15) is 4.79 Å². The number of allylic oxidation sites excluding steroid dienone is 2. The minimum Gasteiger partial charge on any atom is -0.381 e. The van der Waals surface area contributed by atoms with Crippen LogP contribution in [0.4, 0.5) is 0 Å². The first-order valence-corrected chi connectivity index (χ1v) is 9.97. The number of hydrogen-bond donors (Lipinski definition) is 2. The number of ketones is 1. The van der Waals surface area contributed by atoms with Crippen LogP contribution in [0, 0.1) is 5.92 Å². The summed E-state index contributed by atoms with van der Waals surface area (Å²) in [6.07, 6.45) is 8.22. The van der Waals surface area contributed by atoms with Crippen molar-refractivity contribution in [2.45, 2.75) is 53.5 Å². The van der Waals surface area contributed by atoms with E-state index in [2.05, 4.69) is 60.6 Å². The number of rotatable bonds is 6. The monoisotopic (exact) mass is 364 g/mol. The Morgan fingerprint density at radius 3 is 2.48 bits per heavy atom. The minimum absolute atomic E-state index is 0.124. The second kappa shape index (κ2) is 9.96. The molecule has 1 aromatic carbocycles. The minimum atomic E-state index is 0.124. The van der Waals surface area contributed by atoms with Crippen molar-refractivity contribution < 1.29 is 4.79 Å². The second-order valence-corrected chi connectivity index (χ2v) is 7.07. The molecule has 2 N–H and O–H groups in total. The van der Waals surface area contributed by atoms with E-state index in [4.69, 9.17) is 0 Å². The van der Waals surface area contributed by atoms with Gasteiger partial charge in [-0.15, -0.1) is 0 Å². The van der Waals surface area contributed by atoms with E-state index in [1.165, 1.54) is 5.56 Å². The first-order valence-electron chi connectivity index (χ1n) is 9.97. The molecule has 1 unspecified atom stereocenters. The maximum absolute atomic E-state index is 12.0.